The standard InChI is InChI=1S/C44H73N11O11S/c1-23(2)20-31(51-37(59)29(16-19-67-7)49-36(58)25(5)45)39(61)52-33(22-27-12-14-28(57)15-13-27)40(62)54-35(26(6)56)42(64)55-18-9-11-34(55)41(63)53-32(21-24(3)4)38(60)50-30(43(65)66)10-8-17-48-44(46)47/h12-15,23-26,29-35,56-57H,8-11,16-22,45H2,1-7H3,(H,49,58)(H,50,60)(H,51,59)(H,52,61)(H,53,63)(H,54,62)(H,65,66)(H4,46,47,48). The third kappa shape index (κ3) is 20.0. The van der Waals surface area contributed by atoms with Gasteiger partial charge in [-0.05, 0) is 100 Å². The molecule has 1 saturated heterocycles. The molecule has 1 aliphatic rings. The third-order valence-corrected chi connectivity index (χ3v) is 11.4. The van der Waals surface area contributed by atoms with Gasteiger partial charge in [0.2, 0.25) is 41.4 Å². The number of phenols is 1. The van der Waals surface area contributed by atoms with E-state index in [9.17, 15) is 53.7 Å². The van der Waals surface area contributed by atoms with Crippen LogP contribution in [0.25, 0.3) is 0 Å². The number of phenolic OH excluding ortho intramolecular Hbond substituents is 1. The number of amides is 7. The number of carboxylic acids is 1. The van der Waals surface area contributed by atoms with Crippen LogP contribution in [0, 0.1) is 11.8 Å². The maximum atomic E-state index is 14.3. The van der Waals surface area contributed by atoms with Gasteiger partial charge >= 0.3 is 5.97 Å². The number of nitrogens with zero attached hydrogens (tertiary/aromatic N) is 2. The van der Waals surface area contributed by atoms with Crippen LogP contribution in [-0.2, 0) is 44.8 Å². The third-order valence-electron chi connectivity index (χ3n) is 10.8. The summed E-state index contributed by atoms with van der Waals surface area (Å²) in [6.07, 6.45) is 1.45. The second-order valence-corrected chi connectivity index (χ2v) is 18.7. The van der Waals surface area contributed by atoms with Gasteiger partial charge in [0.1, 0.15) is 48.0 Å². The Kier molecular flexibility index (Phi) is 24.4. The number of thioether (sulfide) groups is 1. The highest BCUT2D eigenvalue weighted by atomic mass is 32.2. The smallest absolute Gasteiger partial charge is 0.326 e. The Hall–Kier alpha value is -5.68. The molecule has 1 aromatic rings. The van der Waals surface area contributed by atoms with Gasteiger partial charge in [0.15, 0.2) is 5.96 Å². The molecule has 376 valence electrons. The van der Waals surface area contributed by atoms with Crippen molar-refractivity contribution in [3.63, 3.8) is 0 Å². The molecule has 7 amide bonds. The quantitative estimate of drug-likeness (QED) is 0.0260. The van der Waals surface area contributed by atoms with Crippen molar-refractivity contribution in [1.29, 1.82) is 0 Å². The fourth-order valence-corrected chi connectivity index (χ4v) is 7.73. The van der Waals surface area contributed by atoms with Gasteiger partial charge in [0.25, 0.3) is 0 Å². The first-order valence-corrected chi connectivity index (χ1v) is 24.0. The van der Waals surface area contributed by atoms with Gasteiger partial charge in [-0.15, -0.1) is 0 Å². The number of aliphatic hydroxyl groups excluding tert-OH is 1. The Balaban J connectivity index is 2.38. The zero-order valence-corrected chi connectivity index (χ0v) is 40.4. The Morgan fingerprint density at radius 2 is 1.27 bits per heavy atom. The number of nitrogens with two attached hydrogens (primary N) is 3. The van der Waals surface area contributed by atoms with Crippen molar-refractivity contribution >= 4 is 65.0 Å². The summed E-state index contributed by atoms with van der Waals surface area (Å²) < 4.78 is 0. The average Bonchev–Trinajstić information content (AvgIpc) is 3.74. The van der Waals surface area contributed by atoms with Crippen LogP contribution in [0.2, 0.25) is 0 Å². The molecule has 1 fully saturated rings. The Labute approximate surface area is 396 Å². The molecule has 0 spiro atoms. The highest BCUT2D eigenvalue weighted by molar-refractivity contribution is 7.98. The molecule has 9 atom stereocenters. The number of likely N-dealkylation sites (tertiary alicyclic amines) is 1. The molecular weight excluding hydrogens is 891 g/mol. The zero-order chi connectivity index (χ0) is 50.5. The fourth-order valence-electron chi connectivity index (χ4n) is 7.26. The molecule has 0 radical (unpaired) electrons. The van der Waals surface area contributed by atoms with Crippen LogP contribution in [0.4, 0.5) is 0 Å². The number of hydrogen-bond donors (Lipinski definition) is 12. The maximum absolute atomic E-state index is 14.3. The molecule has 1 aromatic carbocycles. The number of aromatic hydroxyl groups is 1. The molecule has 2 rings (SSSR count). The minimum atomic E-state index is -1.62. The minimum Gasteiger partial charge on any atom is -0.508 e. The van der Waals surface area contributed by atoms with E-state index in [1.807, 2.05) is 34.0 Å². The van der Waals surface area contributed by atoms with Crippen molar-refractivity contribution < 1.29 is 53.7 Å². The van der Waals surface area contributed by atoms with E-state index in [4.69, 9.17) is 17.2 Å². The lowest BCUT2D eigenvalue weighted by molar-refractivity contribution is -0.145. The number of nitrogens with one attached hydrogen (secondary N) is 6. The summed E-state index contributed by atoms with van der Waals surface area (Å²) in [5, 5.41) is 46.4. The minimum absolute atomic E-state index is 0.000979. The number of carboxylic acid groups (broad SMARTS) is 1. The number of carbonyl (C=O) groups excluding carboxylic acids is 7. The van der Waals surface area contributed by atoms with E-state index in [2.05, 4.69) is 36.9 Å². The van der Waals surface area contributed by atoms with Gasteiger partial charge in [-0.2, -0.15) is 11.8 Å². The van der Waals surface area contributed by atoms with E-state index in [-0.39, 0.29) is 81.6 Å². The molecule has 1 aliphatic heterocycles. The zero-order valence-electron chi connectivity index (χ0n) is 39.6. The van der Waals surface area contributed by atoms with Crippen molar-refractivity contribution in [2.45, 2.75) is 147 Å². The highest BCUT2D eigenvalue weighted by Crippen LogP contribution is 2.21. The molecule has 23 heteroatoms. The first-order chi connectivity index (χ1) is 31.4. The largest absolute Gasteiger partial charge is 0.508 e. The van der Waals surface area contributed by atoms with Gasteiger partial charge in [0, 0.05) is 19.5 Å². The number of hydrogen-bond acceptors (Lipinski definition) is 13. The molecule has 0 aliphatic carbocycles. The average molecular weight is 964 g/mol. The Morgan fingerprint density at radius 1 is 0.746 bits per heavy atom. The Bertz CT molecular complexity index is 1860. The van der Waals surface area contributed by atoms with Crippen molar-refractivity contribution in [1.82, 2.24) is 36.8 Å². The van der Waals surface area contributed by atoms with Gasteiger partial charge in [-0.1, -0.05) is 39.8 Å². The van der Waals surface area contributed by atoms with Crippen molar-refractivity contribution in [2.75, 3.05) is 25.1 Å². The van der Waals surface area contributed by atoms with Gasteiger partial charge < -0.3 is 69.3 Å². The number of aliphatic carboxylic acids is 1. The second kappa shape index (κ2) is 28.5. The van der Waals surface area contributed by atoms with Crippen LogP contribution in [-0.4, -0.2) is 153 Å². The van der Waals surface area contributed by atoms with Crippen molar-refractivity contribution in [3.8, 4) is 5.75 Å². The van der Waals surface area contributed by atoms with E-state index >= 15 is 0 Å². The summed E-state index contributed by atoms with van der Waals surface area (Å²) in [4.78, 5) is 113. The summed E-state index contributed by atoms with van der Waals surface area (Å²) in [7, 11) is 0. The van der Waals surface area contributed by atoms with Crippen molar-refractivity contribution in [2.24, 2.45) is 34.0 Å². The van der Waals surface area contributed by atoms with Gasteiger partial charge in [-0.3, -0.25) is 38.6 Å². The maximum Gasteiger partial charge on any atom is 0.326 e. The number of aliphatic hydroxyl groups is 1. The predicted molar refractivity (Wildman–Crippen MR) is 253 cm³/mol. The molecule has 67 heavy (non-hydrogen) atoms. The van der Waals surface area contributed by atoms with Gasteiger partial charge in [0.05, 0.1) is 12.1 Å². The van der Waals surface area contributed by atoms with E-state index in [0.29, 0.717) is 17.7 Å². The lowest BCUT2D eigenvalue weighted by atomic mass is 10.00. The summed E-state index contributed by atoms with van der Waals surface area (Å²) in [6, 6.07) is -3.91. The molecule has 0 bridgehead atoms. The summed E-state index contributed by atoms with van der Waals surface area (Å²) in [5.41, 5.74) is 16.9. The number of benzene rings is 1. The van der Waals surface area contributed by atoms with E-state index in [1.165, 1.54) is 54.8 Å². The lowest BCUT2D eigenvalue weighted by Crippen LogP contribution is -2.62. The van der Waals surface area contributed by atoms with E-state index in [0.717, 1.165) is 0 Å². The highest BCUT2D eigenvalue weighted by Gasteiger charge is 2.41. The lowest BCUT2D eigenvalue weighted by Gasteiger charge is -2.32. The second-order valence-electron chi connectivity index (χ2n) is 17.7. The molecule has 9 unspecified atom stereocenters. The fraction of sp³-hybridized carbons (Fsp3) is 0.659. The van der Waals surface area contributed by atoms with Crippen LogP contribution >= 0.6 is 11.8 Å². The first kappa shape index (κ1) is 57.4. The number of aliphatic imine (C=N–C) groups is 1. The summed E-state index contributed by atoms with van der Waals surface area (Å²) in [6.45, 7) is 10.2. The van der Waals surface area contributed by atoms with Crippen LogP contribution in [0.15, 0.2) is 29.3 Å². The SMILES string of the molecule is CSCCC(NC(=O)C(C)N)C(=O)NC(CC(C)C)C(=O)NC(Cc1ccc(O)cc1)C(=O)NC(C(=O)N1CCCC1C(=O)NC(CC(C)C)C(=O)NC(CCCN=C(N)N)C(=O)O)C(C)O. The molecule has 1 heterocycles. The Morgan fingerprint density at radius 3 is 1.79 bits per heavy atom. The molecular formula is C44H73N11O11S. The number of rotatable bonds is 28. The van der Waals surface area contributed by atoms with Crippen LogP contribution in [0.1, 0.15) is 92.1 Å². The predicted octanol–water partition coefficient (Wildman–Crippen LogP) is -1.45. The first-order valence-electron chi connectivity index (χ1n) is 22.6. The van der Waals surface area contributed by atoms with Crippen molar-refractivity contribution in [3.05, 3.63) is 29.8 Å². The van der Waals surface area contributed by atoms with Crippen LogP contribution in [0.3, 0.4) is 0 Å². The topological polar surface area (TPSA) is 363 Å². The molecule has 15 N–H and O–H groups in total. The van der Waals surface area contributed by atoms with Crippen LogP contribution < -0.4 is 49.1 Å². The molecule has 0 saturated carbocycles. The summed E-state index contributed by atoms with van der Waals surface area (Å²) in [5.74, 6) is -6.36. The summed E-state index contributed by atoms with van der Waals surface area (Å²) >= 11 is 1.45. The van der Waals surface area contributed by atoms with Gasteiger partial charge in [-0.25, -0.2) is 4.79 Å². The monoisotopic (exact) mass is 964 g/mol. The number of guanidine groups is 1. The number of carbonyl (C=O) groups is 8. The van der Waals surface area contributed by atoms with Crippen LogP contribution in [0.5, 0.6) is 5.75 Å². The van der Waals surface area contributed by atoms with E-state index in [1.54, 1.807) is 0 Å². The normalized spacial score (nSPS) is 17.1. The molecule has 22 nitrogen and oxygen atoms in total. The van der Waals surface area contributed by atoms with E-state index < -0.39 is 102 Å². The molecule has 0 aromatic heterocycles.